The molecule has 0 saturated carbocycles. The second-order valence-corrected chi connectivity index (χ2v) is 8.37. The van der Waals surface area contributed by atoms with E-state index in [1.165, 1.54) is 4.57 Å². The third kappa shape index (κ3) is 4.27. The lowest BCUT2D eigenvalue weighted by Gasteiger charge is -2.17. The first-order chi connectivity index (χ1) is 17.5. The number of nitrogens with zero attached hydrogens (tertiary/aromatic N) is 2. The maximum atomic E-state index is 13.6. The van der Waals surface area contributed by atoms with E-state index in [0.29, 0.717) is 17.2 Å². The van der Waals surface area contributed by atoms with Crippen molar-refractivity contribution in [2.75, 3.05) is 11.9 Å². The number of esters is 1. The molecule has 0 saturated heterocycles. The van der Waals surface area contributed by atoms with Crippen LogP contribution < -0.4 is 10.9 Å². The third-order valence-corrected chi connectivity index (χ3v) is 5.98. The number of fused-ring (bicyclic) bond motifs is 3. The van der Waals surface area contributed by atoms with Gasteiger partial charge in [0, 0.05) is 22.0 Å². The van der Waals surface area contributed by atoms with Gasteiger partial charge < -0.3 is 14.5 Å². The van der Waals surface area contributed by atoms with E-state index in [9.17, 15) is 9.59 Å². The van der Waals surface area contributed by atoms with Crippen molar-refractivity contribution in [3.05, 3.63) is 101 Å². The molecule has 0 bridgehead atoms. The molecule has 3 aromatic carbocycles. The molecule has 0 radical (unpaired) electrons. The minimum absolute atomic E-state index is 0.223. The number of ether oxygens (including phenoxy) is 1. The second-order valence-electron chi connectivity index (χ2n) is 8.37. The number of carbonyl (C=O) groups excluding carboxylic acids is 1. The van der Waals surface area contributed by atoms with E-state index in [2.05, 4.69) is 16.9 Å². The minimum atomic E-state index is -0.510. The maximum absolute atomic E-state index is 13.6. The largest absolute Gasteiger partial charge is 0.465 e. The Labute approximate surface area is 207 Å². The van der Waals surface area contributed by atoms with Crippen molar-refractivity contribution >= 4 is 39.3 Å². The summed E-state index contributed by atoms with van der Waals surface area (Å²) in [7, 11) is 0. The van der Waals surface area contributed by atoms with Crippen LogP contribution in [0, 0.1) is 6.92 Å². The van der Waals surface area contributed by atoms with Crippen molar-refractivity contribution in [2.45, 2.75) is 20.4 Å². The zero-order valence-corrected chi connectivity index (χ0v) is 20.1. The van der Waals surface area contributed by atoms with Gasteiger partial charge in [-0.2, -0.15) is 0 Å². The molecule has 0 atom stereocenters. The highest BCUT2D eigenvalue weighted by Crippen LogP contribution is 2.31. The quantitative estimate of drug-likeness (QED) is 0.299. The average molecular weight is 480 g/mol. The summed E-state index contributed by atoms with van der Waals surface area (Å²) >= 11 is 0. The summed E-state index contributed by atoms with van der Waals surface area (Å²) in [6, 6.07) is 22.9. The van der Waals surface area contributed by atoms with E-state index < -0.39 is 5.97 Å². The monoisotopic (exact) mass is 479 g/mol. The highest BCUT2D eigenvalue weighted by Gasteiger charge is 2.19. The fourth-order valence-electron chi connectivity index (χ4n) is 4.23. The van der Waals surface area contributed by atoms with Crippen molar-refractivity contribution in [3.63, 3.8) is 0 Å². The molecule has 0 amide bonds. The second kappa shape index (κ2) is 9.54. The molecule has 0 fully saturated rings. The molecular weight excluding hydrogens is 454 g/mol. The first kappa shape index (κ1) is 23.1. The van der Waals surface area contributed by atoms with Gasteiger partial charge in [0.2, 0.25) is 0 Å². The first-order valence-electron chi connectivity index (χ1n) is 11.7. The van der Waals surface area contributed by atoms with Crippen LogP contribution in [0.5, 0.6) is 0 Å². The lowest BCUT2D eigenvalue weighted by molar-refractivity contribution is -0.143. The molecular formula is C29H25N3O4. The van der Waals surface area contributed by atoms with Crippen LogP contribution in [0.1, 0.15) is 18.2 Å². The fraction of sp³-hybridized carbons (Fsp3) is 0.138. The number of furan rings is 1. The molecule has 0 spiro atoms. The molecule has 2 heterocycles. The summed E-state index contributed by atoms with van der Waals surface area (Å²) in [6.45, 7) is 7.62. The molecule has 1 N–H and O–H groups in total. The van der Waals surface area contributed by atoms with Crippen molar-refractivity contribution in [3.8, 4) is 11.4 Å². The lowest BCUT2D eigenvalue weighted by atomic mass is 10.1. The zero-order chi connectivity index (χ0) is 25.2. The van der Waals surface area contributed by atoms with Crippen LogP contribution in [0.4, 0.5) is 5.69 Å². The van der Waals surface area contributed by atoms with Crippen molar-refractivity contribution < 1.29 is 13.9 Å². The standard InChI is InChI=1S/C29H25N3O4/c1-4-35-26(33)17-32-28(20-10-6-5-7-11-20)31-19(3)27(29(32)34)30-18(2)21-14-15-25-23(16-21)22-12-8-9-13-24(22)36-25/h5-16,30H,2,4,17H2,1,3H3. The fourth-order valence-corrected chi connectivity index (χ4v) is 4.23. The van der Waals surface area contributed by atoms with Crippen LogP contribution in [0.3, 0.4) is 0 Å². The predicted molar refractivity (Wildman–Crippen MR) is 142 cm³/mol. The Morgan fingerprint density at radius 1 is 1.03 bits per heavy atom. The topological polar surface area (TPSA) is 86.4 Å². The van der Waals surface area contributed by atoms with E-state index in [1.54, 1.807) is 13.8 Å². The smallest absolute Gasteiger partial charge is 0.326 e. The van der Waals surface area contributed by atoms with Crippen molar-refractivity contribution in [1.82, 2.24) is 9.55 Å². The van der Waals surface area contributed by atoms with E-state index in [-0.39, 0.29) is 24.4 Å². The van der Waals surface area contributed by atoms with Gasteiger partial charge in [-0.05, 0) is 43.7 Å². The summed E-state index contributed by atoms with van der Waals surface area (Å²) in [5.41, 5.74) is 4.00. The van der Waals surface area contributed by atoms with Gasteiger partial charge in [0.05, 0.1) is 12.3 Å². The number of carbonyl (C=O) groups is 1. The number of hydrogen-bond donors (Lipinski definition) is 1. The predicted octanol–water partition coefficient (Wildman–Crippen LogP) is 5.76. The summed E-state index contributed by atoms with van der Waals surface area (Å²) in [4.78, 5) is 30.7. The van der Waals surface area contributed by atoms with Gasteiger partial charge in [0.1, 0.15) is 29.2 Å². The highest BCUT2D eigenvalue weighted by atomic mass is 16.5. The van der Waals surface area contributed by atoms with Crippen molar-refractivity contribution in [2.24, 2.45) is 0 Å². The Morgan fingerprint density at radius 2 is 1.75 bits per heavy atom. The molecule has 5 aromatic rings. The van der Waals surface area contributed by atoms with Gasteiger partial charge in [0.25, 0.3) is 5.56 Å². The van der Waals surface area contributed by atoms with Crippen LogP contribution in [0.15, 0.2) is 88.6 Å². The summed E-state index contributed by atoms with van der Waals surface area (Å²) < 4.78 is 12.4. The van der Waals surface area contributed by atoms with Crippen LogP contribution in [0.25, 0.3) is 39.0 Å². The SMILES string of the molecule is C=C(Nc1c(C)nc(-c2ccccc2)n(CC(=O)OCC)c1=O)c1ccc2oc3ccccc3c2c1. The minimum Gasteiger partial charge on any atom is -0.465 e. The Kier molecular flexibility index (Phi) is 6.12. The van der Waals surface area contributed by atoms with Gasteiger partial charge in [-0.1, -0.05) is 55.1 Å². The van der Waals surface area contributed by atoms with E-state index in [4.69, 9.17) is 9.15 Å². The van der Waals surface area contributed by atoms with Gasteiger partial charge in [0.15, 0.2) is 0 Å². The Bertz CT molecular complexity index is 1670. The van der Waals surface area contributed by atoms with Gasteiger partial charge in [-0.3, -0.25) is 14.2 Å². The Balaban J connectivity index is 1.55. The van der Waals surface area contributed by atoms with E-state index in [1.807, 2.05) is 72.8 Å². The van der Waals surface area contributed by atoms with Gasteiger partial charge >= 0.3 is 5.97 Å². The summed E-state index contributed by atoms with van der Waals surface area (Å²) in [5, 5.41) is 5.11. The Hall–Kier alpha value is -4.65. The number of anilines is 1. The number of aromatic nitrogens is 2. The van der Waals surface area contributed by atoms with Crippen molar-refractivity contribution in [1.29, 1.82) is 0 Å². The van der Waals surface area contributed by atoms with E-state index >= 15 is 0 Å². The summed E-state index contributed by atoms with van der Waals surface area (Å²) in [6.07, 6.45) is 0. The van der Waals surface area contributed by atoms with E-state index in [0.717, 1.165) is 33.1 Å². The number of hydrogen-bond acceptors (Lipinski definition) is 6. The lowest BCUT2D eigenvalue weighted by Crippen LogP contribution is -2.30. The molecule has 5 rings (SSSR count). The molecule has 2 aromatic heterocycles. The van der Waals surface area contributed by atoms with Gasteiger partial charge in [-0.15, -0.1) is 0 Å². The number of benzene rings is 3. The van der Waals surface area contributed by atoms with Crippen LogP contribution in [0.2, 0.25) is 0 Å². The first-order valence-corrected chi connectivity index (χ1v) is 11.7. The van der Waals surface area contributed by atoms with Crippen LogP contribution in [-0.4, -0.2) is 22.1 Å². The molecule has 7 nitrogen and oxygen atoms in total. The molecule has 0 aliphatic heterocycles. The Morgan fingerprint density at radius 3 is 2.53 bits per heavy atom. The molecule has 0 aliphatic rings. The molecule has 180 valence electrons. The number of aryl methyl sites for hydroxylation is 1. The van der Waals surface area contributed by atoms with Crippen LogP contribution in [-0.2, 0) is 16.1 Å². The third-order valence-electron chi connectivity index (χ3n) is 5.98. The normalized spacial score (nSPS) is 11.1. The number of rotatable bonds is 7. The zero-order valence-electron chi connectivity index (χ0n) is 20.1. The molecule has 7 heteroatoms. The maximum Gasteiger partial charge on any atom is 0.326 e. The summed E-state index contributed by atoms with van der Waals surface area (Å²) in [5.74, 6) is -0.113. The number of nitrogens with one attached hydrogen (secondary N) is 1. The highest BCUT2D eigenvalue weighted by molar-refractivity contribution is 6.05. The van der Waals surface area contributed by atoms with Crippen LogP contribution >= 0.6 is 0 Å². The number of para-hydroxylation sites is 1. The molecule has 0 aliphatic carbocycles. The molecule has 0 unspecified atom stereocenters. The molecule has 36 heavy (non-hydrogen) atoms. The average Bonchev–Trinajstić information content (AvgIpc) is 3.26. The van der Waals surface area contributed by atoms with Gasteiger partial charge in [-0.25, -0.2) is 4.98 Å².